The molecule has 0 fully saturated rings. The Morgan fingerprint density at radius 3 is 2.40 bits per heavy atom. The zero-order valence-corrected chi connectivity index (χ0v) is 23.8. The van der Waals surface area contributed by atoms with E-state index >= 15 is 0 Å². The van der Waals surface area contributed by atoms with Crippen molar-refractivity contribution in [3.63, 3.8) is 0 Å². The lowest BCUT2D eigenvalue weighted by Gasteiger charge is -2.09. The highest BCUT2D eigenvalue weighted by Crippen LogP contribution is 2.24. The van der Waals surface area contributed by atoms with E-state index < -0.39 is 18.2 Å². The smallest absolute Gasteiger partial charge is 0.475 e. The maximum atomic E-state index is 12.8. The number of rotatable bonds is 10. The first kappa shape index (κ1) is 32.4. The number of aliphatic carboxylic acids is 1. The highest BCUT2D eigenvalue weighted by atomic mass is 19.4. The predicted octanol–water partition coefficient (Wildman–Crippen LogP) is 3.34. The summed E-state index contributed by atoms with van der Waals surface area (Å²) >= 11 is 0. The molecule has 45 heavy (non-hydrogen) atoms. The number of amides is 3. The molecule has 4 aromatic heterocycles. The van der Waals surface area contributed by atoms with E-state index in [1.807, 2.05) is 0 Å². The molecule has 6 N–H and O–H groups in total. The minimum atomic E-state index is -5.08. The van der Waals surface area contributed by atoms with Crippen LogP contribution in [0.1, 0.15) is 24.8 Å². The standard InChI is InChI=1S/C25H28N10O3.C2HF3O2/c1-34-15-18-21(32-34)30-24(35-23(18)29-22(33-35)19-6-5-13-38-19)31-25(37)28-17-9-7-16(8-10-17)14-20(36)27-12-4-2-3-11-26;3-2(4,5)1(6)7/h5-10,13,15H,2-4,11-12,14,26H2,1H3,(H,27,36)(H2,28,30,31,32,37);(H,6,7). The summed E-state index contributed by atoms with van der Waals surface area (Å²) in [5, 5.41) is 25.0. The van der Waals surface area contributed by atoms with Crippen LogP contribution in [0, 0.1) is 0 Å². The van der Waals surface area contributed by atoms with Gasteiger partial charge in [0.25, 0.3) is 0 Å². The van der Waals surface area contributed by atoms with Crippen molar-refractivity contribution >= 4 is 46.2 Å². The number of anilines is 2. The summed E-state index contributed by atoms with van der Waals surface area (Å²) in [7, 11) is 1.78. The number of carbonyl (C=O) groups is 3. The molecule has 0 spiro atoms. The largest absolute Gasteiger partial charge is 0.490 e. The van der Waals surface area contributed by atoms with Gasteiger partial charge in [0.15, 0.2) is 17.1 Å². The van der Waals surface area contributed by atoms with Gasteiger partial charge in [-0.15, -0.1) is 5.10 Å². The summed E-state index contributed by atoms with van der Waals surface area (Å²) in [6.45, 7) is 1.30. The molecule has 0 aliphatic carbocycles. The minimum Gasteiger partial charge on any atom is -0.475 e. The number of fused-ring (bicyclic) bond motifs is 3. The van der Waals surface area contributed by atoms with Gasteiger partial charge in [0, 0.05) is 25.5 Å². The number of alkyl halides is 3. The third-order valence-electron chi connectivity index (χ3n) is 6.06. The molecule has 4 heterocycles. The molecule has 0 aliphatic heterocycles. The van der Waals surface area contributed by atoms with E-state index in [1.54, 1.807) is 54.3 Å². The quantitative estimate of drug-likeness (QED) is 0.142. The molecule has 5 rings (SSSR count). The first-order chi connectivity index (χ1) is 21.4. The van der Waals surface area contributed by atoms with Gasteiger partial charge in [0.05, 0.1) is 18.1 Å². The van der Waals surface area contributed by atoms with E-state index in [1.165, 1.54) is 10.8 Å². The second-order valence-electron chi connectivity index (χ2n) is 9.58. The molecule has 0 saturated heterocycles. The number of urea groups is 1. The number of aromatic nitrogens is 6. The molecular formula is C27H29F3N10O5. The predicted molar refractivity (Wildman–Crippen MR) is 155 cm³/mol. The lowest BCUT2D eigenvalue weighted by molar-refractivity contribution is -0.192. The summed E-state index contributed by atoms with van der Waals surface area (Å²) in [6.07, 6.45) is 1.37. The van der Waals surface area contributed by atoms with E-state index in [0.29, 0.717) is 47.0 Å². The van der Waals surface area contributed by atoms with Crippen LogP contribution in [0.2, 0.25) is 0 Å². The maximum absolute atomic E-state index is 12.8. The molecule has 0 atom stereocenters. The van der Waals surface area contributed by atoms with Crippen molar-refractivity contribution in [1.29, 1.82) is 0 Å². The van der Waals surface area contributed by atoms with Crippen molar-refractivity contribution < 1.29 is 37.1 Å². The number of unbranched alkanes of at least 4 members (excludes halogenated alkanes) is 2. The van der Waals surface area contributed by atoms with Gasteiger partial charge < -0.3 is 25.9 Å². The number of carbonyl (C=O) groups excluding carboxylic acids is 2. The van der Waals surface area contributed by atoms with Crippen molar-refractivity contribution in [2.45, 2.75) is 31.9 Å². The number of nitrogens with zero attached hydrogens (tertiary/aromatic N) is 6. The molecular weight excluding hydrogens is 601 g/mol. The number of carboxylic acids is 1. The van der Waals surface area contributed by atoms with E-state index in [2.05, 4.69) is 36.1 Å². The Morgan fingerprint density at radius 1 is 1.02 bits per heavy atom. The molecule has 3 amide bonds. The summed E-state index contributed by atoms with van der Waals surface area (Å²) in [5.41, 5.74) is 7.77. The van der Waals surface area contributed by atoms with Gasteiger partial charge in [-0.05, 0) is 49.2 Å². The zero-order valence-electron chi connectivity index (χ0n) is 23.8. The van der Waals surface area contributed by atoms with Crippen LogP contribution in [-0.2, 0) is 23.1 Å². The van der Waals surface area contributed by atoms with Gasteiger partial charge in [-0.25, -0.2) is 14.6 Å². The van der Waals surface area contributed by atoms with E-state index in [-0.39, 0.29) is 18.3 Å². The Morgan fingerprint density at radius 2 is 1.76 bits per heavy atom. The van der Waals surface area contributed by atoms with Gasteiger partial charge in [-0.2, -0.15) is 27.8 Å². The van der Waals surface area contributed by atoms with E-state index in [0.717, 1.165) is 24.8 Å². The number of nitrogens with one attached hydrogen (secondary N) is 3. The number of hydrogen-bond donors (Lipinski definition) is 5. The summed E-state index contributed by atoms with van der Waals surface area (Å²) in [4.78, 5) is 42.9. The molecule has 0 aliphatic rings. The third kappa shape index (κ3) is 8.75. The normalized spacial score (nSPS) is 11.2. The maximum Gasteiger partial charge on any atom is 0.490 e. The van der Waals surface area contributed by atoms with Crippen molar-refractivity contribution in [2.75, 3.05) is 23.7 Å². The first-order valence-electron chi connectivity index (χ1n) is 13.5. The third-order valence-corrected chi connectivity index (χ3v) is 6.06. The van der Waals surface area contributed by atoms with E-state index in [9.17, 15) is 22.8 Å². The second-order valence-corrected chi connectivity index (χ2v) is 9.58. The highest BCUT2D eigenvalue weighted by molar-refractivity contribution is 6.00. The highest BCUT2D eigenvalue weighted by Gasteiger charge is 2.38. The topological polar surface area (TPSA) is 208 Å². The van der Waals surface area contributed by atoms with Crippen LogP contribution in [0.4, 0.5) is 29.6 Å². The fourth-order valence-electron chi connectivity index (χ4n) is 3.98. The van der Waals surface area contributed by atoms with Crippen LogP contribution < -0.4 is 21.7 Å². The SMILES string of the molecule is Cn1cc2c(nc(NC(=O)Nc3ccc(CC(=O)NCCCCCN)cc3)n3nc(-c4ccco4)nc23)n1.O=C(O)C(F)(F)F. The zero-order chi connectivity index (χ0) is 32.6. The number of furan rings is 1. The van der Waals surface area contributed by atoms with Gasteiger partial charge in [0.2, 0.25) is 17.7 Å². The molecule has 15 nitrogen and oxygen atoms in total. The number of halogens is 3. The van der Waals surface area contributed by atoms with Crippen LogP contribution >= 0.6 is 0 Å². The molecule has 5 aromatic rings. The van der Waals surface area contributed by atoms with Crippen LogP contribution in [0.5, 0.6) is 0 Å². The number of aryl methyl sites for hydroxylation is 1. The summed E-state index contributed by atoms with van der Waals surface area (Å²) < 4.78 is 40.2. The van der Waals surface area contributed by atoms with Crippen LogP contribution in [0.15, 0.2) is 53.3 Å². The monoisotopic (exact) mass is 630 g/mol. The van der Waals surface area contributed by atoms with Crippen LogP contribution in [0.25, 0.3) is 28.3 Å². The van der Waals surface area contributed by atoms with Crippen LogP contribution in [-0.4, -0.2) is 71.6 Å². The number of nitrogens with two attached hydrogens (primary N) is 1. The Kier molecular flexibility index (Phi) is 10.3. The Hall–Kier alpha value is -5.52. The van der Waals surface area contributed by atoms with Gasteiger partial charge in [0.1, 0.15) is 0 Å². The molecule has 1 aromatic carbocycles. The fourth-order valence-corrected chi connectivity index (χ4v) is 3.98. The van der Waals surface area contributed by atoms with E-state index in [4.69, 9.17) is 20.1 Å². The molecule has 0 saturated carbocycles. The second kappa shape index (κ2) is 14.3. The number of hydrogen-bond acceptors (Lipinski definition) is 9. The van der Waals surface area contributed by atoms with Crippen molar-refractivity contribution in [3.8, 4) is 11.6 Å². The molecule has 0 radical (unpaired) electrons. The lowest BCUT2D eigenvalue weighted by Crippen LogP contribution is -2.26. The van der Waals surface area contributed by atoms with Crippen molar-refractivity contribution in [2.24, 2.45) is 12.8 Å². The fraction of sp³-hybridized carbons (Fsp3) is 0.296. The van der Waals surface area contributed by atoms with Gasteiger partial charge in [-0.1, -0.05) is 18.6 Å². The molecule has 0 unspecified atom stereocenters. The minimum absolute atomic E-state index is 0.0436. The van der Waals surface area contributed by atoms with Crippen molar-refractivity contribution in [3.05, 3.63) is 54.4 Å². The number of carboxylic acid groups (broad SMARTS) is 1. The average molecular weight is 631 g/mol. The molecule has 18 heteroatoms. The van der Waals surface area contributed by atoms with Gasteiger partial charge in [-0.3, -0.25) is 14.8 Å². The first-order valence-corrected chi connectivity index (χ1v) is 13.5. The lowest BCUT2D eigenvalue weighted by atomic mass is 10.1. The molecule has 238 valence electrons. The summed E-state index contributed by atoms with van der Waals surface area (Å²) in [6, 6.07) is 10.0. The Balaban J connectivity index is 0.000000591. The molecule has 0 bridgehead atoms. The van der Waals surface area contributed by atoms with Crippen LogP contribution in [0.3, 0.4) is 0 Å². The van der Waals surface area contributed by atoms with Gasteiger partial charge >= 0.3 is 18.2 Å². The Bertz CT molecular complexity index is 1770. The van der Waals surface area contributed by atoms with Crippen molar-refractivity contribution in [1.82, 2.24) is 34.7 Å². The average Bonchev–Trinajstić information content (AvgIpc) is 3.73. The number of benzene rings is 1. The summed E-state index contributed by atoms with van der Waals surface area (Å²) in [5.74, 6) is -1.81. The Labute approximate surface area is 252 Å².